The molecular weight excluding hydrogens is 348 g/mol. The van der Waals surface area contributed by atoms with Gasteiger partial charge in [-0.05, 0) is 27.7 Å². The van der Waals surface area contributed by atoms with E-state index in [0.717, 1.165) is 0 Å². The average Bonchev–Trinajstić information content (AvgIpc) is 3.13. The normalized spacial score (nSPS) is 30.0. The van der Waals surface area contributed by atoms with Crippen molar-refractivity contribution in [1.82, 2.24) is 0 Å². The van der Waals surface area contributed by atoms with E-state index < -0.39 is 28.1 Å². The van der Waals surface area contributed by atoms with Gasteiger partial charge in [-0.3, -0.25) is 4.79 Å². The van der Waals surface area contributed by atoms with Crippen LogP contribution in [-0.2, 0) is 14.5 Å². The van der Waals surface area contributed by atoms with Gasteiger partial charge in [-0.25, -0.2) is 0 Å². The molecule has 0 aromatic rings. The summed E-state index contributed by atoms with van der Waals surface area (Å²) >= 11 is 0. The monoisotopic (exact) mass is 372 g/mol. The van der Waals surface area contributed by atoms with Crippen molar-refractivity contribution in [1.29, 1.82) is 10.5 Å². The van der Waals surface area contributed by atoms with Crippen LogP contribution in [0.5, 0.6) is 0 Å². The molecule has 0 bridgehead atoms. The number of fused-ring (bicyclic) bond motifs is 1. The zero-order valence-corrected chi connectivity index (χ0v) is 16.6. The van der Waals surface area contributed by atoms with E-state index in [4.69, 9.17) is 15.4 Å². The van der Waals surface area contributed by atoms with Crippen LogP contribution in [0.1, 0.15) is 48.5 Å². The number of hydrogen-bond donors (Lipinski definition) is 1. The third kappa shape index (κ3) is 2.49. The van der Waals surface area contributed by atoms with Crippen molar-refractivity contribution in [2.75, 3.05) is 0 Å². The molecule has 1 aliphatic carbocycles. The molecule has 9 nitrogen and oxygen atoms in total. The van der Waals surface area contributed by atoms with Crippen molar-refractivity contribution < 1.29 is 14.5 Å². The number of carbonyl (C=O) groups is 1. The van der Waals surface area contributed by atoms with Crippen molar-refractivity contribution in [3.8, 4) is 12.1 Å². The van der Waals surface area contributed by atoms with Crippen LogP contribution in [0.2, 0.25) is 0 Å². The van der Waals surface area contributed by atoms with Crippen LogP contribution in [0.4, 0.5) is 0 Å². The van der Waals surface area contributed by atoms with E-state index in [2.05, 4.69) is 21.4 Å². The highest BCUT2D eigenvalue weighted by Crippen LogP contribution is 2.79. The summed E-state index contributed by atoms with van der Waals surface area (Å²) in [5.41, 5.74) is 2.83. The number of nitrogens with zero attached hydrogens (tertiary/aromatic N) is 5. The Morgan fingerprint density at radius 2 is 1.59 bits per heavy atom. The van der Waals surface area contributed by atoms with Gasteiger partial charge in [-0.1, -0.05) is 31.1 Å². The molecule has 1 aliphatic heterocycles. The molecule has 0 radical (unpaired) electrons. The van der Waals surface area contributed by atoms with Gasteiger partial charge in [0.15, 0.2) is 10.8 Å². The maximum atomic E-state index is 13.1. The van der Waals surface area contributed by atoms with E-state index in [1.165, 1.54) is 0 Å². The fourth-order valence-corrected chi connectivity index (χ4v) is 3.36. The van der Waals surface area contributed by atoms with Gasteiger partial charge in [0, 0.05) is 5.41 Å². The van der Waals surface area contributed by atoms with E-state index in [9.17, 15) is 15.3 Å². The fraction of sp³-hybridized carbons (Fsp3) is 0.667. The summed E-state index contributed by atoms with van der Waals surface area (Å²) in [5.74, 6) is -3.70. The lowest BCUT2D eigenvalue weighted by atomic mass is 9.84. The highest BCUT2D eigenvalue weighted by Gasteiger charge is 2.98. The second kappa shape index (κ2) is 6.05. The number of oxime groups is 2. The molecular formula is C18H24N6O3. The number of hydrogen-bond acceptors (Lipinski definition) is 9. The van der Waals surface area contributed by atoms with Crippen LogP contribution in [0.25, 0.3) is 0 Å². The summed E-state index contributed by atoms with van der Waals surface area (Å²) in [6.07, 6.45) is 0. The Hall–Kier alpha value is -2.94. The molecule has 2 rings (SSSR count). The Morgan fingerprint density at radius 1 is 1.11 bits per heavy atom. The van der Waals surface area contributed by atoms with E-state index in [1.54, 1.807) is 48.5 Å². The lowest BCUT2D eigenvalue weighted by molar-refractivity contribution is -0.262. The van der Waals surface area contributed by atoms with Gasteiger partial charge >= 0.3 is 5.91 Å². The average molecular weight is 372 g/mol. The molecule has 9 heteroatoms. The third-order valence-electron chi connectivity index (χ3n) is 4.63. The zero-order chi connectivity index (χ0) is 20.8. The SMILES string of the molecule is CC(C)=NOC1(ON=C(C)C)N=C(N)[C@@]2(C#N)[C@H](C(=O)C(C)(C)C)[C@]12C#N. The summed E-state index contributed by atoms with van der Waals surface area (Å²) < 4.78 is 0. The molecule has 2 N–H and O–H groups in total. The van der Waals surface area contributed by atoms with Crippen molar-refractivity contribution in [2.24, 2.45) is 43.2 Å². The molecule has 27 heavy (non-hydrogen) atoms. The summed E-state index contributed by atoms with van der Waals surface area (Å²) in [6, 6.07) is 4.08. The van der Waals surface area contributed by atoms with Gasteiger partial charge in [0.1, 0.15) is 11.6 Å². The minimum Gasteiger partial charge on any atom is -0.386 e. The number of nitrogens with two attached hydrogens (primary N) is 1. The summed E-state index contributed by atoms with van der Waals surface area (Å²) in [7, 11) is 0. The number of Topliss-reactive ketones (excluding diaryl/α,β-unsaturated/α-hetero) is 1. The Kier molecular flexibility index (Phi) is 4.57. The maximum absolute atomic E-state index is 13.1. The standard InChI is InChI=1S/C18H24N6O3/c1-10(2)23-26-18(27-24-11(3)4)17(9-20)12(13(25)15(5,6)7)16(17,8-19)14(21)22-18/h12H,1-7H3,(H2,21,22)/t12-,16+,17-/m0/s1. The number of carbonyl (C=O) groups excluding carboxylic acids is 1. The van der Waals surface area contributed by atoms with Gasteiger partial charge in [0.25, 0.3) is 0 Å². The lowest BCUT2D eigenvalue weighted by Gasteiger charge is -2.28. The third-order valence-corrected chi connectivity index (χ3v) is 4.63. The first-order chi connectivity index (χ1) is 12.4. The van der Waals surface area contributed by atoms with E-state index >= 15 is 0 Å². The van der Waals surface area contributed by atoms with Gasteiger partial charge in [-0.15, -0.1) is 0 Å². The molecule has 1 saturated carbocycles. The van der Waals surface area contributed by atoms with Gasteiger partial charge in [-0.2, -0.15) is 15.5 Å². The first-order valence-corrected chi connectivity index (χ1v) is 8.47. The molecule has 0 amide bonds. The van der Waals surface area contributed by atoms with Crippen LogP contribution < -0.4 is 5.73 Å². The number of ketones is 1. The van der Waals surface area contributed by atoms with Gasteiger partial charge < -0.3 is 15.4 Å². The molecule has 144 valence electrons. The number of nitriles is 2. The Labute approximate surface area is 158 Å². The molecule has 3 atom stereocenters. The van der Waals surface area contributed by atoms with Crippen molar-refractivity contribution in [3.05, 3.63) is 0 Å². The van der Waals surface area contributed by atoms with Crippen LogP contribution in [0.3, 0.4) is 0 Å². The molecule has 2 aliphatic rings. The first-order valence-electron chi connectivity index (χ1n) is 8.47. The number of rotatable bonds is 5. The number of aliphatic imine (C=N–C) groups is 1. The smallest absolute Gasteiger partial charge is 0.386 e. The predicted octanol–water partition coefficient (Wildman–Crippen LogP) is 2.10. The lowest BCUT2D eigenvalue weighted by Crippen LogP contribution is -2.43. The molecule has 0 saturated heterocycles. The summed E-state index contributed by atoms with van der Waals surface area (Å²) in [4.78, 5) is 28.2. The van der Waals surface area contributed by atoms with Crippen molar-refractivity contribution in [3.63, 3.8) is 0 Å². The molecule has 0 aromatic carbocycles. The molecule has 0 unspecified atom stereocenters. The highest BCUT2D eigenvalue weighted by molar-refractivity contribution is 6.08. The second-order valence-corrected chi connectivity index (χ2v) is 8.23. The second-order valence-electron chi connectivity index (χ2n) is 8.23. The van der Waals surface area contributed by atoms with E-state index in [1.807, 2.05) is 6.07 Å². The Bertz CT molecular complexity index is 826. The molecule has 1 heterocycles. The van der Waals surface area contributed by atoms with Crippen LogP contribution in [0, 0.1) is 44.8 Å². The van der Waals surface area contributed by atoms with E-state index in [0.29, 0.717) is 11.4 Å². The van der Waals surface area contributed by atoms with Crippen LogP contribution in [0.15, 0.2) is 15.3 Å². The van der Waals surface area contributed by atoms with Crippen LogP contribution in [-0.4, -0.2) is 29.0 Å². The summed E-state index contributed by atoms with van der Waals surface area (Å²) in [5, 5.41) is 27.7. The Balaban J connectivity index is 2.74. The van der Waals surface area contributed by atoms with Crippen LogP contribution >= 0.6 is 0 Å². The van der Waals surface area contributed by atoms with Crippen molar-refractivity contribution >= 4 is 23.0 Å². The maximum Gasteiger partial charge on any atom is 0.421 e. The summed E-state index contributed by atoms with van der Waals surface area (Å²) in [6.45, 7) is 11.8. The molecule has 1 fully saturated rings. The zero-order valence-electron chi connectivity index (χ0n) is 16.6. The number of amidine groups is 1. The first kappa shape index (κ1) is 20.4. The fourth-order valence-electron chi connectivity index (χ4n) is 3.36. The van der Waals surface area contributed by atoms with E-state index in [-0.39, 0.29) is 11.6 Å². The Morgan fingerprint density at radius 3 is 1.93 bits per heavy atom. The molecule has 0 aromatic heterocycles. The molecule has 0 spiro atoms. The minimum absolute atomic E-state index is 0.193. The van der Waals surface area contributed by atoms with Gasteiger partial charge in [0.2, 0.25) is 0 Å². The van der Waals surface area contributed by atoms with Gasteiger partial charge in [0.05, 0.1) is 29.5 Å². The quantitative estimate of drug-likeness (QED) is 0.444. The largest absolute Gasteiger partial charge is 0.421 e. The highest BCUT2D eigenvalue weighted by atomic mass is 16.8. The predicted molar refractivity (Wildman–Crippen MR) is 98.1 cm³/mol. The van der Waals surface area contributed by atoms with Crippen molar-refractivity contribution in [2.45, 2.75) is 54.4 Å². The minimum atomic E-state index is -2.12. The topological polar surface area (TPSA) is 146 Å².